The number of fused-ring (bicyclic) bond motifs is 1. The zero-order valence-electron chi connectivity index (χ0n) is 20.1. The molecule has 0 radical (unpaired) electrons. The molecule has 9 nitrogen and oxygen atoms in total. The van der Waals surface area contributed by atoms with Gasteiger partial charge in [0.1, 0.15) is 17.6 Å². The Bertz CT molecular complexity index is 1430. The number of nitrogens with zero attached hydrogens (tertiary/aromatic N) is 2. The van der Waals surface area contributed by atoms with Gasteiger partial charge in [-0.05, 0) is 25.1 Å². The van der Waals surface area contributed by atoms with Crippen molar-refractivity contribution in [2.45, 2.75) is 13.0 Å². The Morgan fingerprint density at radius 2 is 1.70 bits per heavy atom. The largest absolute Gasteiger partial charge is 0.496 e. The SMILES string of the molecule is COc1cc2nccc(Oc3c(F)cc(NC(=O)c4cnccc4OC)cc3F)c2cc1OC(C)CO. The van der Waals surface area contributed by atoms with Gasteiger partial charge in [-0.25, -0.2) is 8.78 Å². The Kier molecular flexibility index (Phi) is 7.63. The standard InChI is InChI=1S/C26H23F2N3O6/c1-14(13-32)36-24-10-16-20(11-23(24)35-3)30-7-5-22(16)37-25-18(27)8-15(9-19(25)28)31-26(33)17-12-29-6-4-21(17)34-2/h4-12,14,32H,13H2,1-3H3,(H,31,33). The fraction of sp³-hybridized carbons (Fsp3) is 0.192. The quantitative estimate of drug-likeness (QED) is 0.332. The second-order valence-electron chi connectivity index (χ2n) is 7.84. The van der Waals surface area contributed by atoms with E-state index in [1.54, 1.807) is 19.1 Å². The highest BCUT2D eigenvalue weighted by Crippen LogP contribution is 2.39. The molecule has 0 aliphatic rings. The lowest BCUT2D eigenvalue weighted by atomic mass is 10.1. The van der Waals surface area contributed by atoms with E-state index in [0.717, 1.165) is 12.1 Å². The molecule has 2 aromatic heterocycles. The van der Waals surface area contributed by atoms with E-state index in [1.165, 1.54) is 44.9 Å². The molecule has 37 heavy (non-hydrogen) atoms. The molecule has 1 amide bonds. The Hall–Kier alpha value is -4.51. The van der Waals surface area contributed by atoms with Gasteiger partial charge in [-0.2, -0.15) is 0 Å². The number of carbonyl (C=O) groups is 1. The van der Waals surface area contributed by atoms with E-state index in [1.807, 2.05) is 0 Å². The lowest BCUT2D eigenvalue weighted by Gasteiger charge is -2.17. The number of hydrogen-bond acceptors (Lipinski definition) is 8. The predicted molar refractivity (Wildman–Crippen MR) is 131 cm³/mol. The molecule has 11 heteroatoms. The van der Waals surface area contributed by atoms with Crippen molar-refractivity contribution in [2.24, 2.45) is 0 Å². The normalized spacial score (nSPS) is 11.6. The Balaban J connectivity index is 1.65. The van der Waals surface area contributed by atoms with Crippen LogP contribution in [0.2, 0.25) is 0 Å². The first-order valence-electron chi connectivity index (χ1n) is 11.0. The summed E-state index contributed by atoms with van der Waals surface area (Å²) in [6, 6.07) is 7.93. The van der Waals surface area contributed by atoms with Crippen molar-refractivity contribution in [1.29, 1.82) is 0 Å². The molecular formula is C26H23F2N3O6. The number of ether oxygens (including phenoxy) is 4. The van der Waals surface area contributed by atoms with E-state index in [0.29, 0.717) is 22.4 Å². The summed E-state index contributed by atoms with van der Waals surface area (Å²) in [5.74, 6) is -2.41. The first kappa shape index (κ1) is 25.6. The average Bonchev–Trinajstić information content (AvgIpc) is 2.90. The van der Waals surface area contributed by atoms with Gasteiger partial charge in [0.15, 0.2) is 28.9 Å². The minimum absolute atomic E-state index is 0.0957. The molecule has 0 saturated carbocycles. The number of nitrogens with one attached hydrogen (secondary N) is 1. The van der Waals surface area contributed by atoms with Crippen LogP contribution in [0.3, 0.4) is 0 Å². The van der Waals surface area contributed by atoms with Crippen molar-refractivity contribution in [1.82, 2.24) is 9.97 Å². The van der Waals surface area contributed by atoms with Crippen LogP contribution in [0, 0.1) is 11.6 Å². The Labute approximate surface area is 210 Å². The fourth-order valence-corrected chi connectivity index (χ4v) is 3.49. The predicted octanol–water partition coefficient (Wildman–Crippen LogP) is 4.73. The molecule has 2 N–H and O–H groups in total. The summed E-state index contributed by atoms with van der Waals surface area (Å²) in [4.78, 5) is 20.7. The minimum Gasteiger partial charge on any atom is -0.496 e. The molecular weight excluding hydrogens is 488 g/mol. The number of rotatable bonds is 9. The van der Waals surface area contributed by atoms with Crippen LogP contribution in [0.25, 0.3) is 10.9 Å². The highest BCUT2D eigenvalue weighted by molar-refractivity contribution is 6.06. The molecule has 0 aliphatic carbocycles. The van der Waals surface area contributed by atoms with Crippen LogP contribution in [-0.4, -0.2) is 47.9 Å². The Morgan fingerprint density at radius 3 is 2.38 bits per heavy atom. The van der Waals surface area contributed by atoms with Crippen molar-refractivity contribution in [3.8, 4) is 28.7 Å². The van der Waals surface area contributed by atoms with Gasteiger partial charge in [0.05, 0.1) is 31.9 Å². The molecule has 0 aliphatic heterocycles. The van der Waals surface area contributed by atoms with Crippen molar-refractivity contribution in [3.05, 3.63) is 72.2 Å². The monoisotopic (exact) mass is 511 g/mol. The van der Waals surface area contributed by atoms with Crippen LogP contribution in [0.4, 0.5) is 14.5 Å². The second-order valence-corrected chi connectivity index (χ2v) is 7.84. The number of anilines is 1. The van der Waals surface area contributed by atoms with Gasteiger partial charge in [-0.15, -0.1) is 0 Å². The van der Waals surface area contributed by atoms with Gasteiger partial charge < -0.3 is 29.4 Å². The molecule has 2 heterocycles. The van der Waals surface area contributed by atoms with Crippen LogP contribution in [0.1, 0.15) is 17.3 Å². The maximum absolute atomic E-state index is 15.0. The molecule has 192 valence electrons. The summed E-state index contributed by atoms with van der Waals surface area (Å²) in [7, 11) is 2.84. The third-order valence-electron chi connectivity index (χ3n) is 5.29. The summed E-state index contributed by atoms with van der Waals surface area (Å²) < 4.78 is 51.7. The lowest BCUT2D eigenvalue weighted by Crippen LogP contribution is -2.16. The summed E-state index contributed by atoms with van der Waals surface area (Å²) in [6.07, 6.45) is 3.61. The average molecular weight is 511 g/mol. The number of methoxy groups -OCH3 is 2. The van der Waals surface area contributed by atoms with Crippen LogP contribution >= 0.6 is 0 Å². The summed E-state index contributed by atoms with van der Waals surface area (Å²) in [5, 5.41) is 12.1. The van der Waals surface area contributed by atoms with Gasteiger partial charge in [0.25, 0.3) is 5.91 Å². The van der Waals surface area contributed by atoms with E-state index < -0.39 is 29.4 Å². The van der Waals surface area contributed by atoms with E-state index in [4.69, 9.17) is 18.9 Å². The van der Waals surface area contributed by atoms with E-state index >= 15 is 0 Å². The van der Waals surface area contributed by atoms with Gasteiger partial charge in [0, 0.05) is 47.9 Å². The topological polar surface area (TPSA) is 112 Å². The lowest BCUT2D eigenvalue weighted by molar-refractivity contribution is 0.102. The highest BCUT2D eigenvalue weighted by Gasteiger charge is 2.20. The van der Waals surface area contributed by atoms with Crippen LogP contribution in [0.15, 0.2) is 55.0 Å². The van der Waals surface area contributed by atoms with Crippen molar-refractivity contribution < 1.29 is 37.6 Å². The van der Waals surface area contributed by atoms with Gasteiger partial charge in [-0.1, -0.05) is 0 Å². The number of benzene rings is 2. The Morgan fingerprint density at radius 1 is 1.00 bits per heavy atom. The zero-order chi connectivity index (χ0) is 26.5. The molecule has 4 rings (SSSR count). The molecule has 0 spiro atoms. The number of aromatic nitrogens is 2. The minimum atomic E-state index is -1.04. The van der Waals surface area contributed by atoms with Gasteiger partial charge >= 0.3 is 0 Å². The number of halogens is 2. The molecule has 1 unspecified atom stereocenters. The number of hydrogen-bond donors (Lipinski definition) is 2. The van der Waals surface area contributed by atoms with E-state index in [9.17, 15) is 18.7 Å². The van der Waals surface area contributed by atoms with Gasteiger partial charge in [0.2, 0.25) is 0 Å². The highest BCUT2D eigenvalue weighted by atomic mass is 19.1. The number of aliphatic hydroxyl groups excluding tert-OH is 1. The molecule has 2 aromatic carbocycles. The summed E-state index contributed by atoms with van der Waals surface area (Å²) in [6.45, 7) is 1.43. The van der Waals surface area contributed by atoms with Gasteiger partial charge in [-0.3, -0.25) is 14.8 Å². The van der Waals surface area contributed by atoms with Crippen molar-refractivity contribution >= 4 is 22.5 Å². The number of amides is 1. The first-order valence-corrected chi connectivity index (χ1v) is 11.0. The van der Waals surface area contributed by atoms with Crippen LogP contribution in [0.5, 0.6) is 28.7 Å². The van der Waals surface area contributed by atoms with Crippen molar-refractivity contribution in [3.63, 3.8) is 0 Å². The smallest absolute Gasteiger partial charge is 0.261 e. The number of aliphatic hydroxyl groups is 1. The molecule has 0 fully saturated rings. The van der Waals surface area contributed by atoms with Crippen LogP contribution < -0.4 is 24.3 Å². The van der Waals surface area contributed by atoms with E-state index in [2.05, 4.69) is 15.3 Å². The summed E-state index contributed by atoms with van der Waals surface area (Å²) >= 11 is 0. The van der Waals surface area contributed by atoms with Crippen LogP contribution in [-0.2, 0) is 0 Å². The molecule has 0 saturated heterocycles. The number of pyridine rings is 2. The molecule has 1 atom stereocenters. The third kappa shape index (κ3) is 5.51. The second kappa shape index (κ2) is 11.0. The molecule has 4 aromatic rings. The molecule has 0 bridgehead atoms. The first-order chi connectivity index (χ1) is 17.8. The van der Waals surface area contributed by atoms with Crippen molar-refractivity contribution in [2.75, 3.05) is 26.1 Å². The fourth-order valence-electron chi connectivity index (χ4n) is 3.49. The maximum Gasteiger partial charge on any atom is 0.261 e. The van der Waals surface area contributed by atoms with E-state index in [-0.39, 0.29) is 29.4 Å². The maximum atomic E-state index is 15.0. The summed E-state index contributed by atoms with van der Waals surface area (Å²) in [5.41, 5.74) is 0.392. The third-order valence-corrected chi connectivity index (χ3v) is 5.29. The number of carbonyl (C=O) groups excluding carboxylic acids is 1. The zero-order valence-corrected chi connectivity index (χ0v) is 20.1.